The monoisotopic (exact) mass is 1820 g/mol. The molecule has 17 unspecified atom stereocenters. The van der Waals surface area contributed by atoms with Gasteiger partial charge in [0.2, 0.25) is 29.5 Å². The number of ether oxygens (including phenoxy) is 11. The second-order valence-electron chi connectivity index (χ2n) is 35.6. The van der Waals surface area contributed by atoms with Gasteiger partial charge in [-0.15, -0.1) is 0 Å². The first kappa shape index (κ1) is 117. The van der Waals surface area contributed by atoms with Gasteiger partial charge in [0.05, 0.1) is 71.2 Å². The Labute approximate surface area is 762 Å². The van der Waals surface area contributed by atoms with Crippen molar-refractivity contribution in [1.29, 1.82) is 0 Å². The largest absolute Gasteiger partial charge is 0.447 e. The highest BCUT2D eigenvalue weighted by Crippen LogP contribution is 2.31. The maximum atomic E-state index is 14.9. The molecule has 3 aliphatic heterocycles. The number of carbonyl (C=O) groups is 6. The molecule has 17 atom stereocenters. The summed E-state index contributed by atoms with van der Waals surface area (Å²) in [7, 11) is 0. The number of aliphatic hydroxyl groups is 9. The third-order valence-corrected chi connectivity index (χ3v) is 24.4. The first-order valence-electron chi connectivity index (χ1n) is 50.1. The number of hydrogen-bond acceptors (Lipinski definition) is 26. The Balaban J connectivity index is 1.55. The van der Waals surface area contributed by atoms with Crippen LogP contribution in [0, 0.1) is 17.8 Å². The van der Waals surface area contributed by atoms with Crippen LogP contribution in [0.3, 0.4) is 0 Å². The van der Waals surface area contributed by atoms with Crippen molar-refractivity contribution in [2.24, 2.45) is 17.8 Å². The molecule has 0 bridgehead atoms. The molecule has 6 amide bonds. The number of amides is 6. The summed E-state index contributed by atoms with van der Waals surface area (Å²) in [5, 5.41) is 105. The SMILES string of the molecule is CCCCCCCCCCCCCCCCCCOCC(COC(=O)NCCOCCOCCC(=O)NC(CCCCNC(=O)CCCCOC1OC(CO)C(O)C(O)C1C)C(=O)N(CCCNC(=O)CCCCOC1OC(CO)C(O)C(O)C1C)CCCNC(=O)CCCCOC1OC(CO)C(O)C(O)C1C)OCCCCCCCCCCCCCCCCCC. The van der Waals surface area contributed by atoms with Crippen LogP contribution in [0.15, 0.2) is 0 Å². The molecule has 3 heterocycles. The summed E-state index contributed by atoms with van der Waals surface area (Å²) >= 11 is 0. The van der Waals surface area contributed by atoms with E-state index in [4.69, 9.17) is 52.1 Å². The molecule has 32 heteroatoms. The van der Waals surface area contributed by atoms with Gasteiger partial charge in [0.25, 0.3) is 0 Å². The maximum absolute atomic E-state index is 14.9. The van der Waals surface area contributed by atoms with Gasteiger partial charge in [-0.2, -0.15) is 0 Å². The van der Waals surface area contributed by atoms with Crippen molar-refractivity contribution >= 4 is 35.6 Å². The normalized spacial score (nSPS) is 23.0. The summed E-state index contributed by atoms with van der Waals surface area (Å²) in [6.45, 7) is 12.0. The molecule has 0 aromatic rings. The zero-order valence-electron chi connectivity index (χ0n) is 79.1. The van der Waals surface area contributed by atoms with E-state index < -0.39 is 136 Å². The van der Waals surface area contributed by atoms with E-state index in [2.05, 4.69) is 40.4 Å². The van der Waals surface area contributed by atoms with E-state index >= 15 is 0 Å². The Morgan fingerprint density at radius 1 is 0.331 bits per heavy atom. The number of hydrogen-bond donors (Lipinski definition) is 14. The van der Waals surface area contributed by atoms with E-state index in [0.717, 1.165) is 25.7 Å². The van der Waals surface area contributed by atoms with E-state index in [1.807, 2.05) is 0 Å². The molecule has 3 rings (SSSR count). The quantitative estimate of drug-likeness (QED) is 0.0252. The second-order valence-corrected chi connectivity index (χ2v) is 35.6. The molecule has 3 fully saturated rings. The molecule has 0 aliphatic carbocycles. The molecule has 127 heavy (non-hydrogen) atoms. The molecular formula is C95H180N6O26. The molecule has 746 valence electrons. The lowest BCUT2D eigenvalue weighted by molar-refractivity contribution is -0.282. The van der Waals surface area contributed by atoms with Gasteiger partial charge in [-0.3, -0.25) is 24.0 Å². The molecule has 3 saturated heterocycles. The van der Waals surface area contributed by atoms with Gasteiger partial charge in [0, 0.05) is 116 Å². The molecule has 32 nitrogen and oxygen atoms in total. The van der Waals surface area contributed by atoms with Crippen LogP contribution in [0.5, 0.6) is 0 Å². The zero-order chi connectivity index (χ0) is 92.5. The van der Waals surface area contributed by atoms with Crippen LogP contribution in [-0.4, -0.2) is 304 Å². The minimum Gasteiger partial charge on any atom is -0.447 e. The van der Waals surface area contributed by atoms with Crippen LogP contribution in [0.2, 0.25) is 0 Å². The smallest absolute Gasteiger partial charge is 0.407 e. The minimum atomic E-state index is -1.26. The molecule has 0 radical (unpaired) electrons. The molecule has 0 aromatic carbocycles. The number of rotatable bonds is 84. The molecule has 3 aliphatic rings. The number of nitrogens with one attached hydrogen (secondary N) is 5. The highest BCUT2D eigenvalue weighted by molar-refractivity contribution is 5.87. The number of carbonyl (C=O) groups excluding carboxylic acids is 6. The molecular weight excluding hydrogens is 1640 g/mol. The Morgan fingerprint density at radius 3 is 1.06 bits per heavy atom. The summed E-state index contributed by atoms with van der Waals surface area (Å²) in [4.78, 5) is 82.4. The second kappa shape index (κ2) is 78.2. The molecule has 0 spiro atoms. The van der Waals surface area contributed by atoms with Crippen molar-refractivity contribution < 1.29 is 127 Å². The zero-order valence-corrected chi connectivity index (χ0v) is 79.1. The number of nitrogens with zero attached hydrogens (tertiary/aromatic N) is 1. The predicted molar refractivity (Wildman–Crippen MR) is 486 cm³/mol. The van der Waals surface area contributed by atoms with Crippen molar-refractivity contribution in [2.45, 2.75) is 422 Å². The lowest BCUT2D eigenvalue weighted by atomic mass is 9.92. The average molecular weight is 1820 g/mol. The maximum Gasteiger partial charge on any atom is 0.407 e. The Kier molecular flexibility index (Phi) is 72.1. The summed E-state index contributed by atoms with van der Waals surface area (Å²) in [6, 6.07) is -1.01. The van der Waals surface area contributed by atoms with Crippen LogP contribution in [0.1, 0.15) is 336 Å². The first-order chi connectivity index (χ1) is 61.7. The molecule has 0 saturated carbocycles. The van der Waals surface area contributed by atoms with Gasteiger partial charge in [-0.05, 0) is 83.5 Å². The van der Waals surface area contributed by atoms with Gasteiger partial charge in [0.1, 0.15) is 55.4 Å². The van der Waals surface area contributed by atoms with Crippen molar-refractivity contribution in [2.75, 3.05) is 132 Å². The van der Waals surface area contributed by atoms with E-state index in [1.54, 1.807) is 25.7 Å². The van der Waals surface area contributed by atoms with Crippen LogP contribution in [0.25, 0.3) is 0 Å². The highest BCUT2D eigenvalue weighted by Gasteiger charge is 2.45. The van der Waals surface area contributed by atoms with Crippen molar-refractivity contribution in [3.8, 4) is 0 Å². The van der Waals surface area contributed by atoms with Gasteiger partial charge in [-0.25, -0.2) is 4.79 Å². The van der Waals surface area contributed by atoms with Gasteiger partial charge in [-0.1, -0.05) is 227 Å². The van der Waals surface area contributed by atoms with Gasteiger partial charge >= 0.3 is 6.09 Å². The number of alkyl carbamates (subject to hydrolysis) is 1. The fraction of sp³-hybridized carbons (Fsp3) is 0.937. The van der Waals surface area contributed by atoms with Crippen LogP contribution >= 0.6 is 0 Å². The summed E-state index contributed by atoms with van der Waals surface area (Å²) in [6.07, 6.45) is 32.8. The standard InChI is InChI=1S/C95H180N6O26/c1-6-8-10-12-14-16-18-20-22-24-26-28-30-32-34-41-59-119-71-76(120-60-42-35-33-31-29-27-25-23-21-19-17-15-13-11-9-7-2)72-124-95(116)99-56-65-118-67-66-117-64-52-84(108)100-77(48-36-40-53-96-81(105)49-37-43-61-121-92-73(3)85(109)88(112)78(68-102)125-92)91(115)101(57-46-54-97-82(106)50-38-44-62-122-93-74(4)86(110)89(113)79(69-103)126-93)58-47-55-98-83(107)51-39-45-63-123-94-75(5)87(111)90(114)80(70-104)127-94/h73-80,85-90,92-94,102-104,109-114H,6-72H2,1-5H3,(H,96,105)(H,97,106)(H,98,107)(H,99,116)(H,100,108). The van der Waals surface area contributed by atoms with Gasteiger partial charge < -0.3 is 130 Å². The summed E-state index contributed by atoms with van der Waals surface area (Å²) < 4.78 is 64.0. The minimum absolute atomic E-state index is 0.00150. The van der Waals surface area contributed by atoms with E-state index in [0.29, 0.717) is 84.0 Å². The number of unbranched alkanes of at least 4 members (excludes halogenated alkanes) is 34. The van der Waals surface area contributed by atoms with Crippen molar-refractivity contribution in [3.63, 3.8) is 0 Å². The Hall–Kier alpha value is -4.14. The van der Waals surface area contributed by atoms with Crippen molar-refractivity contribution in [3.05, 3.63) is 0 Å². The van der Waals surface area contributed by atoms with Crippen LogP contribution in [-0.2, 0) is 76.1 Å². The van der Waals surface area contributed by atoms with Crippen LogP contribution in [0.4, 0.5) is 4.79 Å². The molecule has 0 aromatic heterocycles. The van der Waals surface area contributed by atoms with Gasteiger partial charge in [0.15, 0.2) is 18.9 Å². The van der Waals surface area contributed by atoms with E-state index in [-0.39, 0.29) is 148 Å². The first-order valence-corrected chi connectivity index (χ1v) is 50.1. The third kappa shape index (κ3) is 56.6. The van der Waals surface area contributed by atoms with E-state index in [9.17, 15) is 74.7 Å². The van der Waals surface area contributed by atoms with E-state index in [1.165, 1.54) is 180 Å². The lowest BCUT2D eigenvalue weighted by Gasteiger charge is -2.40. The lowest BCUT2D eigenvalue weighted by Crippen LogP contribution is -2.55. The Bertz CT molecular complexity index is 2600. The predicted octanol–water partition coefficient (Wildman–Crippen LogP) is 10.5. The summed E-state index contributed by atoms with van der Waals surface area (Å²) in [5.41, 5.74) is 0. The topological polar surface area (TPSA) is 449 Å². The Morgan fingerprint density at radius 2 is 0.677 bits per heavy atom. The summed E-state index contributed by atoms with van der Waals surface area (Å²) in [5.74, 6) is -3.16. The third-order valence-electron chi connectivity index (χ3n) is 24.4. The fourth-order valence-corrected chi connectivity index (χ4v) is 16.0. The average Bonchev–Trinajstić information content (AvgIpc) is 0.833. The van der Waals surface area contributed by atoms with Crippen molar-refractivity contribution in [1.82, 2.24) is 31.5 Å². The molecule has 14 N–H and O–H groups in total. The fourth-order valence-electron chi connectivity index (χ4n) is 16.0. The highest BCUT2D eigenvalue weighted by atomic mass is 16.7. The number of aliphatic hydroxyl groups excluding tert-OH is 9. The van der Waals surface area contributed by atoms with Crippen LogP contribution < -0.4 is 26.6 Å².